The zero-order valence-electron chi connectivity index (χ0n) is 19.4. The van der Waals surface area contributed by atoms with Crippen LogP contribution in [0.5, 0.6) is 0 Å². The minimum Gasteiger partial charge on any atom is -0.303 e. The highest BCUT2D eigenvalue weighted by molar-refractivity contribution is 6.13. The van der Waals surface area contributed by atoms with Crippen LogP contribution in [0.3, 0.4) is 0 Å². The summed E-state index contributed by atoms with van der Waals surface area (Å²) in [6.45, 7) is 5.47. The fourth-order valence-electron chi connectivity index (χ4n) is 4.34. The van der Waals surface area contributed by atoms with Crippen LogP contribution in [0.1, 0.15) is 28.3 Å². The zero-order chi connectivity index (χ0) is 24.9. The van der Waals surface area contributed by atoms with Crippen molar-refractivity contribution >= 4 is 28.9 Å². The van der Waals surface area contributed by atoms with Gasteiger partial charge in [0, 0.05) is 11.4 Å². The van der Waals surface area contributed by atoms with Crippen LogP contribution < -0.4 is 10.9 Å². The Bertz CT molecular complexity index is 1600. The Morgan fingerprint density at radius 2 is 1.69 bits per heavy atom. The number of aromatic nitrogens is 3. The molecule has 3 amide bonds. The molecule has 1 saturated heterocycles. The molecule has 1 N–H and O–H groups in total. The van der Waals surface area contributed by atoms with E-state index in [-0.39, 0.29) is 17.8 Å². The summed E-state index contributed by atoms with van der Waals surface area (Å²) in [5.41, 5.74) is 3.31. The number of halogens is 1. The highest BCUT2D eigenvalue weighted by Crippen LogP contribution is 2.22. The maximum absolute atomic E-state index is 13.3. The van der Waals surface area contributed by atoms with E-state index in [1.807, 2.05) is 26.0 Å². The van der Waals surface area contributed by atoms with Crippen molar-refractivity contribution in [1.29, 1.82) is 0 Å². The van der Waals surface area contributed by atoms with Crippen molar-refractivity contribution in [3.05, 3.63) is 105 Å². The first-order chi connectivity index (χ1) is 16.7. The molecule has 3 heterocycles. The Kier molecular flexibility index (Phi) is 5.32. The number of carbonyl (C=O) groups is 2. The topological polar surface area (TPSA) is 89.2 Å². The van der Waals surface area contributed by atoms with Gasteiger partial charge in [-0.05, 0) is 68.3 Å². The van der Waals surface area contributed by atoms with Crippen LogP contribution in [0.25, 0.3) is 17.0 Å². The number of imide groups is 1. The van der Waals surface area contributed by atoms with Crippen molar-refractivity contribution in [1.82, 2.24) is 24.6 Å². The molecule has 0 atom stereocenters. The predicted molar refractivity (Wildman–Crippen MR) is 129 cm³/mol. The smallest absolute Gasteiger partial charge is 0.303 e. The van der Waals surface area contributed by atoms with Crippen LogP contribution in [-0.4, -0.2) is 31.2 Å². The molecule has 8 nitrogen and oxygen atoms in total. The Labute approximate surface area is 199 Å². The summed E-state index contributed by atoms with van der Waals surface area (Å²) in [5, 5.41) is 3.11. The van der Waals surface area contributed by atoms with Gasteiger partial charge in [0.25, 0.3) is 11.5 Å². The molecule has 4 aromatic rings. The fourth-order valence-corrected chi connectivity index (χ4v) is 4.34. The second kappa shape index (κ2) is 8.35. The molecule has 2 aromatic heterocycles. The van der Waals surface area contributed by atoms with Crippen molar-refractivity contribution < 1.29 is 14.0 Å². The monoisotopic (exact) mass is 471 g/mol. The van der Waals surface area contributed by atoms with Gasteiger partial charge in [-0.1, -0.05) is 24.3 Å². The minimum atomic E-state index is -0.551. The van der Waals surface area contributed by atoms with E-state index in [9.17, 15) is 18.8 Å². The third-order valence-electron chi connectivity index (χ3n) is 6.07. The summed E-state index contributed by atoms with van der Waals surface area (Å²) in [4.78, 5) is 44.3. The second-order valence-electron chi connectivity index (χ2n) is 8.44. The average Bonchev–Trinajstić information content (AvgIpc) is 3.25. The van der Waals surface area contributed by atoms with Crippen molar-refractivity contribution in [2.24, 2.45) is 0 Å². The first-order valence-electron chi connectivity index (χ1n) is 11.0. The molecule has 0 aliphatic carbocycles. The largest absolute Gasteiger partial charge is 0.329 e. The molecule has 0 spiro atoms. The Morgan fingerprint density at radius 1 is 0.971 bits per heavy atom. The maximum Gasteiger partial charge on any atom is 0.329 e. The molecular weight excluding hydrogens is 449 g/mol. The first kappa shape index (κ1) is 22.3. The van der Waals surface area contributed by atoms with Crippen LogP contribution >= 0.6 is 0 Å². The highest BCUT2D eigenvalue weighted by atomic mass is 19.1. The van der Waals surface area contributed by atoms with E-state index in [1.165, 1.54) is 28.9 Å². The summed E-state index contributed by atoms with van der Waals surface area (Å²) >= 11 is 0. The molecule has 176 valence electrons. The molecule has 2 aromatic carbocycles. The number of aryl methyl sites for hydroxylation is 2. The quantitative estimate of drug-likeness (QED) is 0.363. The van der Waals surface area contributed by atoms with Gasteiger partial charge in [0.05, 0.1) is 17.4 Å². The molecule has 9 heteroatoms. The van der Waals surface area contributed by atoms with Gasteiger partial charge in [0.15, 0.2) is 0 Å². The number of benzene rings is 2. The van der Waals surface area contributed by atoms with Crippen molar-refractivity contribution in [2.45, 2.75) is 27.3 Å². The number of carbonyl (C=O) groups excluding carboxylic acids is 2. The summed E-state index contributed by atoms with van der Waals surface area (Å²) in [5.74, 6) is -0.354. The molecule has 1 aliphatic rings. The Hall–Kier alpha value is -4.53. The second-order valence-corrected chi connectivity index (χ2v) is 8.44. The van der Waals surface area contributed by atoms with E-state index in [4.69, 9.17) is 0 Å². The lowest BCUT2D eigenvalue weighted by molar-refractivity contribution is -0.123. The van der Waals surface area contributed by atoms with Gasteiger partial charge in [0.1, 0.15) is 17.3 Å². The third-order valence-corrected chi connectivity index (χ3v) is 6.07. The number of nitrogens with zero attached hydrogens (tertiary/aromatic N) is 4. The molecular formula is C26H22FN5O3. The molecule has 0 unspecified atom stereocenters. The van der Waals surface area contributed by atoms with Gasteiger partial charge in [-0.3, -0.25) is 19.2 Å². The molecule has 1 fully saturated rings. The molecule has 0 saturated carbocycles. The average molecular weight is 471 g/mol. The lowest BCUT2D eigenvalue weighted by Crippen LogP contribution is -2.30. The maximum atomic E-state index is 13.3. The van der Waals surface area contributed by atoms with Crippen LogP contribution in [0, 0.1) is 26.6 Å². The van der Waals surface area contributed by atoms with E-state index < -0.39 is 17.8 Å². The van der Waals surface area contributed by atoms with Crippen LogP contribution in [0.4, 0.5) is 9.18 Å². The van der Waals surface area contributed by atoms with Crippen LogP contribution in [0.2, 0.25) is 0 Å². The standard InChI is InChI=1S/C26H22FN5O3/c1-15-12-19(13-23-25(34)30(26(35)29-23)14-18-8-10-20(27)11-9-18)16(2)31(15)32-17(3)28-22-7-5-4-6-21(22)24(32)33/h4-13H,14H2,1-3H3,(H,29,35). The van der Waals surface area contributed by atoms with E-state index in [1.54, 1.807) is 35.9 Å². The Balaban J connectivity index is 1.51. The number of hydrogen-bond donors (Lipinski definition) is 1. The predicted octanol–water partition coefficient (Wildman–Crippen LogP) is 3.67. The van der Waals surface area contributed by atoms with E-state index in [0.717, 1.165) is 10.6 Å². The lowest BCUT2D eigenvalue weighted by Gasteiger charge is -2.16. The van der Waals surface area contributed by atoms with E-state index in [0.29, 0.717) is 33.5 Å². The van der Waals surface area contributed by atoms with Crippen molar-refractivity contribution in [3.8, 4) is 0 Å². The van der Waals surface area contributed by atoms with Crippen molar-refractivity contribution in [3.63, 3.8) is 0 Å². The first-order valence-corrected chi connectivity index (χ1v) is 11.0. The number of amides is 3. The molecule has 5 rings (SSSR count). The zero-order valence-corrected chi connectivity index (χ0v) is 19.4. The van der Waals surface area contributed by atoms with Crippen LogP contribution in [0.15, 0.2) is 65.1 Å². The summed E-state index contributed by atoms with van der Waals surface area (Å²) in [7, 11) is 0. The van der Waals surface area contributed by atoms with Gasteiger partial charge in [0.2, 0.25) is 0 Å². The van der Waals surface area contributed by atoms with Crippen LogP contribution in [-0.2, 0) is 11.3 Å². The Morgan fingerprint density at radius 3 is 2.43 bits per heavy atom. The summed E-state index contributed by atoms with van der Waals surface area (Å²) < 4.78 is 16.4. The fraction of sp³-hybridized carbons (Fsp3) is 0.154. The van der Waals surface area contributed by atoms with Gasteiger partial charge in [-0.25, -0.2) is 14.2 Å². The number of rotatable bonds is 4. The number of urea groups is 1. The normalized spacial score (nSPS) is 14.9. The summed E-state index contributed by atoms with van der Waals surface area (Å²) in [6, 6.07) is 14.1. The molecule has 0 radical (unpaired) electrons. The van der Waals surface area contributed by atoms with E-state index in [2.05, 4.69) is 10.3 Å². The molecule has 1 aliphatic heterocycles. The van der Waals surface area contributed by atoms with Gasteiger partial charge in [-0.15, -0.1) is 0 Å². The lowest BCUT2D eigenvalue weighted by atomic mass is 10.2. The van der Waals surface area contributed by atoms with Gasteiger partial charge in [-0.2, -0.15) is 4.68 Å². The number of fused-ring (bicyclic) bond motifs is 1. The highest BCUT2D eigenvalue weighted by Gasteiger charge is 2.33. The van der Waals surface area contributed by atoms with Gasteiger partial charge < -0.3 is 5.32 Å². The minimum absolute atomic E-state index is 0.0264. The van der Waals surface area contributed by atoms with Crippen molar-refractivity contribution in [2.75, 3.05) is 0 Å². The van der Waals surface area contributed by atoms with Gasteiger partial charge >= 0.3 is 6.03 Å². The number of para-hydroxylation sites is 1. The third kappa shape index (κ3) is 3.80. The molecule has 35 heavy (non-hydrogen) atoms. The van der Waals surface area contributed by atoms with E-state index >= 15 is 0 Å². The molecule has 0 bridgehead atoms. The number of hydrogen-bond acceptors (Lipinski definition) is 4. The number of nitrogens with one attached hydrogen (secondary N) is 1. The summed E-state index contributed by atoms with van der Waals surface area (Å²) in [6.07, 6.45) is 1.60. The SMILES string of the molecule is Cc1cc(C=C2NC(=O)N(Cc3ccc(F)cc3)C2=O)c(C)n1-n1c(C)nc2ccccc2c1=O.